The van der Waals surface area contributed by atoms with E-state index >= 15 is 0 Å². The molecule has 8 heteroatoms. The highest BCUT2D eigenvalue weighted by Crippen LogP contribution is 2.32. The van der Waals surface area contributed by atoms with Crippen LogP contribution in [0.4, 0.5) is 0 Å². The van der Waals surface area contributed by atoms with E-state index in [1.807, 2.05) is 22.7 Å². The molecule has 7 nitrogen and oxygen atoms in total. The number of rotatable bonds is 5. The van der Waals surface area contributed by atoms with Crippen LogP contribution < -0.4 is 15.4 Å². The number of hydrogen-bond acceptors (Lipinski definition) is 7. The minimum Gasteiger partial charge on any atom is -0.478 e. The van der Waals surface area contributed by atoms with Crippen LogP contribution in [0.1, 0.15) is 17.7 Å². The summed E-state index contributed by atoms with van der Waals surface area (Å²) < 4.78 is 12.3. The van der Waals surface area contributed by atoms with Crippen molar-refractivity contribution in [2.24, 2.45) is 5.92 Å². The number of nitrogens with zero attached hydrogens (tertiary/aromatic N) is 2. The van der Waals surface area contributed by atoms with Crippen molar-refractivity contribution in [3.8, 4) is 5.75 Å². The maximum Gasteiger partial charge on any atom is 0.219 e. The number of carbonyl (C=O) groups is 1. The summed E-state index contributed by atoms with van der Waals surface area (Å²) >= 11 is 2.01. The lowest BCUT2D eigenvalue weighted by Crippen LogP contribution is -2.50. The van der Waals surface area contributed by atoms with Gasteiger partial charge in [-0.15, -0.1) is 0 Å². The molecule has 3 fully saturated rings. The van der Waals surface area contributed by atoms with Crippen LogP contribution in [0.15, 0.2) is 24.3 Å². The van der Waals surface area contributed by atoms with Gasteiger partial charge in [0, 0.05) is 76.2 Å². The maximum absolute atomic E-state index is 11.9. The normalized spacial score (nSPS) is 28.7. The van der Waals surface area contributed by atoms with Gasteiger partial charge < -0.3 is 25.0 Å². The van der Waals surface area contributed by atoms with Gasteiger partial charge in [0.2, 0.25) is 5.91 Å². The average molecular weight is 435 g/mol. The van der Waals surface area contributed by atoms with Crippen molar-refractivity contribution in [3.63, 3.8) is 0 Å². The zero-order valence-electron chi connectivity index (χ0n) is 17.8. The van der Waals surface area contributed by atoms with Crippen molar-refractivity contribution in [1.29, 1.82) is 0 Å². The third kappa shape index (κ3) is 5.88. The molecule has 166 valence electrons. The van der Waals surface area contributed by atoms with Crippen LogP contribution >= 0.6 is 11.8 Å². The molecule has 3 heterocycles. The predicted molar refractivity (Wildman–Crippen MR) is 120 cm³/mol. The van der Waals surface area contributed by atoms with Crippen LogP contribution in [-0.4, -0.2) is 93.3 Å². The second-order valence-corrected chi connectivity index (χ2v) is 9.64. The van der Waals surface area contributed by atoms with Crippen LogP contribution in [0, 0.1) is 5.92 Å². The third-order valence-corrected chi connectivity index (χ3v) is 7.42. The molecule has 2 N–H and O–H groups in total. The van der Waals surface area contributed by atoms with Gasteiger partial charge in [-0.1, -0.05) is 12.1 Å². The molecule has 3 aliphatic rings. The summed E-state index contributed by atoms with van der Waals surface area (Å²) in [6, 6.07) is 8.52. The summed E-state index contributed by atoms with van der Waals surface area (Å²) in [5.74, 6) is 2.53. The van der Waals surface area contributed by atoms with E-state index in [4.69, 9.17) is 9.47 Å². The summed E-state index contributed by atoms with van der Waals surface area (Å²) in [4.78, 5) is 16.1. The van der Waals surface area contributed by atoms with Crippen molar-refractivity contribution in [2.45, 2.75) is 18.3 Å². The fourth-order valence-electron chi connectivity index (χ4n) is 4.36. The largest absolute Gasteiger partial charge is 0.478 e. The zero-order chi connectivity index (χ0) is 20.8. The molecule has 0 aromatic heterocycles. The molecule has 0 aliphatic carbocycles. The van der Waals surface area contributed by atoms with Crippen molar-refractivity contribution in [3.05, 3.63) is 29.8 Å². The van der Waals surface area contributed by atoms with Crippen molar-refractivity contribution >= 4 is 17.7 Å². The molecular formula is C22H34N4O3S. The van der Waals surface area contributed by atoms with Crippen molar-refractivity contribution < 1.29 is 14.3 Å². The summed E-state index contributed by atoms with van der Waals surface area (Å²) in [5, 5.41) is 7.43. The van der Waals surface area contributed by atoms with Gasteiger partial charge in [0.1, 0.15) is 12.5 Å². The van der Waals surface area contributed by atoms with Gasteiger partial charge in [0.05, 0.1) is 12.7 Å². The summed E-state index contributed by atoms with van der Waals surface area (Å²) in [6.45, 7) is 10.0. The highest BCUT2D eigenvalue weighted by Gasteiger charge is 2.31. The Bertz CT molecular complexity index is 701. The van der Waals surface area contributed by atoms with Gasteiger partial charge in [-0.05, 0) is 17.7 Å². The Labute approximate surface area is 183 Å². The predicted octanol–water partition coefficient (Wildman–Crippen LogP) is 1.17. The number of hydrogen-bond donors (Lipinski definition) is 2. The highest BCUT2D eigenvalue weighted by atomic mass is 32.2. The number of carbonyl (C=O) groups excluding carboxylic acids is 1. The second kappa shape index (κ2) is 10.8. The fraction of sp³-hybridized carbons (Fsp3) is 0.682. The number of benzene rings is 1. The van der Waals surface area contributed by atoms with Crippen LogP contribution in [-0.2, 0) is 9.53 Å². The first-order chi connectivity index (χ1) is 14.7. The first-order valence-electron chi connectivity index (χ1n) is 11.0. The first-order valence-corrected chi connectivity index (χ1v) is 12.1. The SMILES string of the molecule is CC(=O)N1CCNCC(C2CN(COc3cccc(C4CNCCS4)c3)CCO2)C1. The lowest BCUT2D eigenvalue weighted by molar-refractivity contribution is -0.130. The van der Waals surface area contributed by atoms with E-state index in [0.717, 1.165) is 63.9 Å². The molecule has 0 spiro atoms. The number of nitrogens with one attached hydrogen (secondary N) is 2. The van der Waals surface area contributed by atoms with Crippen LogP contribution in [0.5, 0.6) is 5.75 Å². The third-order valence-electron chi connectivity index (χ3n) is 6.14. The van der Waals surface area contributed by atoms with Crippen LogP contribution in [0.25, 0.3) is 0 Å². The second-order valence-electron chi connectivity index (χ2n) is 8.32. The Hall–Kier alpha value is -1.32. The quantitative estimate of drug-likeness (QED) is 0.721. The van der Waals surface area contributed by atoms with Gasteiger partial charge in [0.15, 0.2) is 0 Å². The van der Waals surface area contributed by atoms with Gasteiger partial charge in [0.25, 0.3) is 0 Å². The molecule has 4 rings (SSSR count). The molecule has 0 saturated carbocycles. The molecule has 30 heavy (non-hydrogen) atoms. The van der Waals surface area contributed by atoms with Crippen LogP contribution in [0.2, 0.25) is 0 Å². The topological polar surface area (TPSA) is 66.1 Å². The lowest BCUT2D eigenvalue weighted by atomic mass is 10.0. The molecule has 1 aromatic carbocycles. The first kappa shape index (κ1) is 21.9. The summed E-state index contributed by atoms with van der Waals surface area (Å²) in [6.07, 6.45) is 0.117. The Balaban J connectivity index is 1.30. The molecule has 0 bridgehead atoms. The Morgan fingerprint density at radius 3 is 2.97 bits per heavy atom. The molecule has 3 aliphatic heterocycles. The monoisotopic (exact) mass is 434 g/mol. The van der Waals surface area contributed by atoms with Crippen LogP contribution in [0.3, 0.4) is 0 Å². The van der Waals surface area contributed by atoms with Gasteiger partial charge >= 0.3 is 0 Å². The van der Waals surface area contributed by atoms with Gasteiger partial charge in [-0.25, -0.2) is 0 Å². The van der Waals surface area contributed by atoms with E-state index in [9.17, 15) is 4.79 Å². The number of morpholine rings is 1. The molecule has 1 aromatic rings. The summed E-state index contributed by atoms with van der Waals surface area (Å²) in [7, 11) is 0. The molecule has 3 saturated heterocycles. The fourth-order valence-corrected chi connectivity index (χ4v) is 5.48. The minimum atomic E-state index is 0.117. The van der Waals surface area contributed by atoms with E-state index in [0.29, 0.717) is 24.5 Å². The Morgan fingerprint density at radius 1 is 1.23 bits per heavy atom. The summed E-state index contributed by atoms with van der Waals surface area (Å²) in [5.41, 5.74) is 1.33. The minimum absolute atomic E-state index is 0.117. The Morgan fingerprint density at radius 2 is 2.13 bits per heavy atom. The molecule has 3 unspecified atom stereocenters. The van der Waals surface area contributed by atoms with E-state index in [-0.39, 0.29) is 12.0 Å². The van der Waals surface area contributed by atoms with E-state index in [2.05, 4.69) is 33.7 Å². The highest BCUT2D eigenvalue weighted by molar-refractivity contribution is 7.99. The molecule has 1 amide bonds. The van der Waals surface area contributed by atoms with E-state index in [1.54, 1.807) is 6.92 Å². The van der Waals surface area contributed by atoms with Gasteiger partial charge in [-0.3, -0.25) is 9.69 Å². The number of thioether (sulfide) groups is 1. The van der Waals surface area contributed by atoms with Gasteiger partial charge in [-0.2, -0.15) is 11.8 Å². The standard InChI is InChI=1S/C22H34N4O3S/c1-17(27)26-7-5-23-12-19(14-26)21-15-25(8-9-28-21)16-29-20-4-2-3-18(11-20)22-13-24-6-10-30-22/h2-4,11,19,21-24H,5-10,12-16H2,1H3. The molecular weight excluding hydrogens is 400 g/mol. The van der Waals surface area contributed by atoms with Crippen molar-refractivity contribution in [2.75, 3.05) is 71.4 Å². The van der Waals surface area contributed by atoms with E-state index < -0.39 is 0 Å². The number of ether oxygens (including phenoxy) is 2. The Kier molecular flexibility index (Phi) is 7.89. The zero-order valence-corrected chi connectivity index (χ0v) is 18.7. The molecule has 0 radical (unpaired) electrons. The van der Waals surface area contributed by atoms with E-state index in [1.165, 1.54) is 5.56 Å². The lowest BCUT2D eigenvalue weighted by Gasteiger charge is -2.37. The molecule has 3 atom stereocenters. The average Bonchev–Trinajstić information content (AvgIpc) is 3.05. The number of amides is 1. The smallest absolute Gasteiger partial charge is 0.219 e. The maximum atomic E-state index is 11.9. The van der Waals surface area contributed by atoms with Crippen molar-refractivity contribution in [1.82, 2.24) is 20.4 Å².